The highest BCUT2D eigenvalue weighted by atomic mass is 16.5. The minimum atomic E-state index is -0.535. The zero-order chi connectivity index (χ0) is 12.0. The van der Waals surface area contributed by atoms with E-state index in [-0.39, 0.29) is 5.92 Å². The smallest absolute Gasteiger partial charge is 0.0816 e. The Morgan fingerprint density at radius 2 is 1.81 bits per heavy atom. The second kappa shape index (κ2) is 6.63. The molecule has 0 aliphatic carbocycles. The SMILES string of the molecule is COCC(O)CC(C)C(O)c1ccccc1. The van der Waals surface area contributed by atoms with Crippen LogP contribution in [-0.4, -0.2) is 30.0 Å². The fourth-order valence-corrected chi connectivity index (χ4v) is 1.80. The lowest BCUT2D eigenvalue weighted by Crippen LogP contribution is -2.21. The first-order valence-electron chi connectivity index (χ1n) is 5.55. The zero-order valence-corrected chi connectivity index (χ0v) is 9.84. The number of hydrogen-bond acceptors (Lipinski definition) is 3. The van der Waals surface area contributed by atoms with E-state index in [0.29, 0.717) is 13.0 Å². The van der Waals surface area contributed by atoms with Crippen LogP contribution in [0.1, 0.15) is 25.0 Å². The average Bonchev–Trinajstić information content (AvgIpc) is 2.29. The summed E-state index contributed by atoms with van der Waals surface area (Å²) in [6.45, 7) is 2.24. The quantitative estimate of drug-likeness (QED) is 0.774. The second-order valence-corrected chi connectivity index (χ2v) is 4.18. The summed E-state index contributed by atoms with van der Waals surface area (Å²) >= 11 is 0. The molecule has 3 nitrogen and oxygen atoms in total. The molecule has 0 spiro atoms. The first kappa shape index (κ1) is 13.2. The number of aliphatic hydroxyl groups excluding tert-OH is 2. The summed E-state index contributed by atoms with van der Waals surface area (Å²) in [6, 6.07) is 9.50. The van der Waals surface area contributed by atoms with Gasteiger partial charge in [0.1, 0.15) is 0 Å². The molecule has 3 unspecified atom stereocenters. The number of aliphatic hydroxyl groups is 2. The Bertz CT molecular complexity index is 286. The summed E-state index contributed by atoms with van der Waals surface area (Å²) in [5.74, 6) is 0.00699. The fraction of sp³-hybridized carbons (Fsp3) is 0.538. The van der Waals surface area contributed by atoms with Crippen molar-refractivity contribution in [3.63, 3.8) is 0 Å². The van der Waals surface area contributed by atoms with Crippen molar-refractivity contribution in [2.24, 2.45) is 5.92 Å². The van der Waals surface area contributed by atoms with Gasteiger partial charge < -0.3 is 14.9 Å². The maximum Gasteiger partial charge on any atom is 0.0816 e. The van der Waals surface area contributed by atoms with Crippen molar-refractivity contribution in [2.75, 3.05) is 13.7 Å². The third kappa shape index (κ3) is 3.93. The highest BCUT2D eigenvalue weighted by molar-refractivity contribution is 5.17. The third-order valence-corrected chi connectivity index (χ3v) is 2.68. The van der Waals surface area contributed by atoms with E-state index in [1.807, 2.05) is 37.3 Å². The molecule has 0 amide bonds. The Kier molecular flexibility index (Phi) is 5.46. The molecule has 0 radical (unpaired) electrons. The fourth-order valence-electron chi connectivity index (χ4n) is 1.80. The van der Waals surface area contributed by atoms with E-state index in [9.17, 15) is 10.2 Å². The molecule has 0 fully saturated rings. The van der Waals surface area contributed by atoms with Crippen molar-refractivity contribution in [1.82, 2.24) is 0 Å². The molecule has 16 heavy (non-hydrogen) atoms. The lowest BCUT2D eigenvalue weighted by Gasteiger charge is -2.21. The van der Waals surface area contributed by atoms with Crippen LogP contribution in [0.3, 0.4) is 0 Å². The first-order valence-corrected chi connectivity index (χ1v) is 5.55. The molecule has 0 aromatic heterocycles. The van der Waals surface area contributed by atoms with Gasteiger partial charge in [-0.25, -0.2) is 0 Å². The predicted molar refractivity (Wildman–Crippen MR) is 63.1 cm³/mol. The van der Waals surface area contributed by atoms with Crippen LogP contribution in [0, 0.1) is 5.92 Å². The van der Waals surface area contributed by atoms with Gasteiger partial charge in [0, 0.05) is 7.11 Å². The van der Waals surface area contributed by atoms with Gasteiger partial charge in [0.15, 0.2) is 0 Å². The van der Waals surface area contributed by atoms with Gasteiger partial charge in [-0.05, 0) is 17.9 Å². The van der Waals surface area contributed by atoms with Gasteiger partial charge in [0.05, 0.1) is 18.8 Å². The van der Waals surface area contributed by atoms with Gasteiger partial charge in [-0.1, -0.05) is 37.3 Å². The normalized spacial score (nSPS) is 16.8. The zero-order valence-electron chi connectivity index (χ0n) is 9.84. The van der Waals surface area contributed by atoms with Crippen LogP contribution in [0.15, 0.2) is 30.3 Å². The van der Waals surface area contributed by atoms with Crippen molar-refractivity contribution in [2.45, 2.75) is 25.6 Å². The third-order valence-electron chi connectivity index (χ3n) is 2.68. The number of hydrogen-bond donors (Lipinski definition) is 2. The van der Waals surface area contributed by atoms with Gasteiger partial charge in [-0.2, -0.15) is 0 Å². The van der Waals surface area contributed by atoms with E-state index in [1.165, 1.54) is 0 Å². The average molecular weight is 224 g/mol. The number of rotatable bonds is 6. The molecule has 1 aromatic carbocycles. The Morgan fingerprint density at radius 3 is 2.38 bits per heavy atom. The molecule has 0 saturated carbocycles. The van der Waals surface area contributed by atoms with Crippen LogP contribution in [0.5, 0.6) is 0 Å². The molecular weight excluding hydrogens is 204 g/mol. The summed E-state index contributed by atoms with van der Waals surface area (Å²) in [5, 5.41) is 19.6. The molecule has 1 aromatic rings. The maximum absolute atomic E-state index is 10.1. The van der Waals surface area contributed by atoms with Gasteiger partial charge in [-0.15, -0.1) is 0 Å². The molecule has 3 heteroatoms. The van der Waals surface area contributed by atoms with Crippen LogP contribution >= 0.6 is 0 Å². The summed E-state index contributed by atoms with van der Waals surface area (Å²) in [7, 11) is 1.56. The number of ether oxygens (including phenoxy) is 1. The highest BCUT2D eigenvalue weighted by Gasteiger charge is 2.19. The molecule has 0 saturated heterocycles. The Labute approximate surface area is 96.7 Å². The molecule has 0 heterocycles. The van der Waals surface area contributed by atoms with Crippen LogP contribution < -0.4 is 0 Å². The number of benzene rings is 1. The van der Waals surface area contributed by atoms with Crippen LogP contribution in [0.4, 0.5) is 0 Å². The van der Waals surface area contributed by atoms with Crippen molar-refractivity contribution < 1.29 is 14.9 Å². The summed E-state index contributed by atoms with van der Waals surface area (Å²) in [6.07, 6.45) is -0.518. The van der Waals surface area contributed by atoms with Crippen LogP contribution in [0.2, 0.25) is 0 Å². The van der Waals surface area contributed by atoms with E-state index in [4.69, 9.17) is 4.74 Å². The summed E-state index contributed by atoms with van der Waals surface area (Å²) in [4.78, 5) is 0. The van der Waals surface area contributed by atoms with E-state index >= 15 is 0 Å². The molecule has 0 bridgehead atoms. The number of methoxy groups -OCH3 is 1. The van der Waals surface area contributed by atoms with E-state index in [2.05, 4.69) is 0 Å². The minimum Gasteiger partial charge on any atom is -0.391 e. The topological polar surface area (TPSA) is 49.7 Å². The predicted octanol–water partition coefficient (Wildman–Crippen LogP) is 1.75. The molecule has 1 rings (SSSR count). The Balaban J connectivity index is 2.51. The highest BCUT2D eigenvalue weighted by Crippen LogP contribution is 2.25. The van der Waals surface area contributed by atoms with Gasteiger partial charge in [0.25, 0.3) is 0 Å². The monoisotopic (exact) mass is 224 g/mol. The summed E-state index contributed by atoms with van der Waals surface area (Å²) < 4.78 is 4.86. The van der Waals surface area contributed by atoms with Crippen LogP contribution in [0.25, 0.3) is 0 Å². The molecule has 0 aliphatic rings. The van der Waals surface area contributed by atoms with Gasteiger partial charge >= 0.3 is 0 Å². The lowest BCUT2D eigenvalue weighted by molar-refractivity contribution is 0.0245. The molecule has 0 aliphatic heterocycles. The largest absolute Gasteiger partial charge is 0.391 e. The van der Waals surface area contributed by atoms with Gasteiger partial charge in [-0.3, -0.25) is 0 Å². The first-order chi connectivity index (χ1) is 7.65. The molecule has 2 N–H and O–H groups in total. The Morgan fingerprint density at radius 1 is 1.19 bits per heavy atom. The summed E-state index contributed by atoms with van der Waals surface area (Å²) in [5.41, 5.74) is 0.889. The van der Waals surface area contributed by atoms with Crippen molar-refractivity contribution >= 4 is 0 Å². The van der Waals surface area contributed by atoms with Gasteiger partial charge in [0.2, 0.25) is 0 Å². The Hall–Kier alpha value is -0.900. The molecular formula is C13H20O3. The van der Waals surface area contributed by atoms with Crippen LogP contribution in [-0.2, 0) is 4.74 Å². The second-order valence-electron chi connectivity index (χ2n) is 4.18. The van der Waals surface area contributed by atoms with Crippen molar-refractivity contribution in [3.8, 4) is 0 Å². The standard InChI is InChI=1S/C13H20O3/c1-10(8-12(14)9-16-2)13(15)11-6-4-3-5-7-11/h3-7,10,12-15H,8-9H2,1-2H3. The van der Waals surface area contributed by atoms with Crippen molar-refractivity contribution in [3.05, 3.63) is 35.9 Å². The van der Waals surface area contributed by atoms with E-state index in [1.54, 1.807) is 7.11 Å². The molecule has 3 atom stereocenters. The minimum absolute atomic E-state index is 0.00699. The van der Waals surface area contributed by atoms with E-state index < -0.39 is 12.2 Å². The van der Waals surface area contributed by atoms with E-state index in [0.717, 1.165) is 5.56 Å². The van der Waals surface area contributed by atoms with Crippen molar-refractivity contribution in [1.29, 1.82) is 0 Å². The lowest BCUT2D eigenvalue weighted by atomic mass is 9.92. The maximum atomic E-state index is 10.1. The molecule has 90 valence electrons.